The molecular weight excluding hydrogens is 430 g/mol. The van der Waals surface area contributed by atoms with Crippen molar-refractivity contribution in [1.29, 1.82) is 0 Å². The highest BCUT2D eigenvalue weighted by Gasteiger charge is 2.42. The van der Waals surface area contributed by atoms with Gasteiger partial charge in [-0.05, 0) is 48.9 Å². The largest absolute Gasteiger partial charge is 0.497 e. The van der Waals surface area contributed by atoms with E-state index in [1.54, 1.807) is 26.7 Å². The third-order valence-corrected chi connectivity index (χ3v) is 6.29. The lowest BCUT2D eigenvalue weighted by atomic mass is 9.84. The third kappa shape index (κ3) is 3.10. The highest BCUT2D eigenvalue weighted by molar-refractivity contribution is 5.85. The molecule has 1 N–H and O–H groups in total. The topological polar surface area (TPSA) is 83.3 Å². The van der Waals surface area contributed by atoms with Crippen molar-refractivity contribution < 1.29 is 14.2 Å². The van der Waals surface area contributed by atoms with Gasteiger partial charge in [-0.3, -0.25) is 4.98 Å². The van der Waals surface area contributed by atoms with E-state index in [-0.39, 0.29) is 6.04 Å². The highest BCUT2D eigenvalue weighted by Crippen LogP contribution is 2.52. The molecule has 0 fully saturated rings. The maximum Gasteiger partial charge on any atom is 0.226 e. The molecule has 4 aromatic rings. The number of pyridine rings is 1. The van der Waals surface area contributed by atoms with E-state index in [0.717, 1.165) is 45.0 Å². The molecule has 2 aromatic heterocycles. The first-order valence-electron chi connectivity index (χ1n) is 11.0. The van der Waals surface area contributed by atoms with E-state index < -0.39 is 6.10 Å². The number of hydrogen-bond donors (Lipinski definition) is 1. The van der Waals surface area contributed by atoms with Crippen LogP contribution in [0.3, 0.4) is 0 Å². The summed E-state index contributed by atoms with van der Waals surface area (Å²) in [4.78, 5) is 8.86. The van der Waals surface area contributed by atoms with Crippen molar-refractivity contribution in [2.45, 2.75) is 19.1 Å². The van der Waals surface area contributed by atoms with Crippen molar-refractivity contribution in [3.63, 3.8) is 0 Å². The number of hydrogen-bond acceptors (Lipinski definition) is 7. The minimum atomic E-state index is -0.467. The van der Waals surface area contributed by atoms with E-state index >= 15 is 0 Å². The number of nitrogens with one attached hydrogen (secondary N) is 1. The number of fused-ring (bicyclic) bond motifs is 3. The zero-order valence-corrected chi connectivity index (χ0v) is 19.0. The summed E-state index contributed by atoms with van der Waals surface area (Å²) >= 11 is 0. The van der Waals surface area contributed by atoms with Crippen LogP contribution in [-0.4, -0.2) is 34.0 Å². The van der Waals surface area contributed by atoms with E-state index in [4.69, 9.17) is 14.2 Å². The van der Waals surface area contributed by atoms with Crippen LogP contribution < -0.4 is 19.5 Å². The summed E-state index contributed by atoms with van der Waals surface area (Å²) in [6.07, 6.45) is 4.71. The number of ether oxygens (including phenoxy) is 3. The Kier molecular flexibility index (Phi) is 4.72. The van der Waals surface area contributed by atoms with Crippen LogP contribution in [0.1, 0.15) is 34.4 Å². The summed E-state index contributed by atoms with van der Waals surface area (Å²) in [5.41, 5.74) is 5.91. The molecule has 170 valence electrons. The molecule has 8 heteroatoms. The fourth-order valence-corrected chi connectivity index (χ4v) is 4.74. The Balaban J connectivity index is 1.65. The Bertz CT molecular complexity index is 1410. The number of anilines is 1. The Labute approximate surface area is 196 Å². The van der Waals surface area contributed by atoms with Crippen molar-refractivity contribution >= 4 is 11.6 Å². The lowest BCUT2D eigenvalue weighted by Crippen LogP contribution is -2.32. The van der Waals surface area contributed by atoms with E-state index in [0.29, 0.717) is 11.7 Å². The van der Waals surface area contributed by atoms with Crippen LogP contribution in [0.15, 0.2) is 72.8 Å². The second-order valence-corrected chi connectivity index (χ2v) is 8.28. The lowest BCUT2D eigenvalue weighted by Gasteiger charge is -2.39. The van der Waals surface area contributed by atoms with E-state index in [2.05, 4.69) is 33.4 Å². The zero-order chi connectivity index (χ0) is 23.2. The fraction of sp³-hybridized carbons (Fsp3) is 0.192. The molecule has 4 heterocycles. The van der Waals surface area contributed by atoms with Gasteiger partial charge in [0.25, 0.3) is 0 Å². The number of aromatic nitrogens is 4. The van der Waals surface area contributed by atoms with Gasteiger partial charge in [-0.1, -0.05) is 17.7 Å². The van der Waals surface area contributed by atoms with Gasteiger partial charge in [0, 0.05) is 29.1 Å². The van der Waals surface area contributed by atoms with Crippen molar-refractivity contribution in [2.75, 3.05) is 19.5 Å². The van der Waals surface area contributed by atoms with Gasteiger partial charge in [0.05, 0.1) is 19.9 Å². The summed E-state index contributed by atoms with van der Waals surface area (Å²) < 4.78 is 19.9. The number of rotatable bonds is 4. The molecule has 0 saturated carbocycles. The summed E-state index contributed by atoms with van der Waals surface area (Å²) in [5, 5.41) is 8.08. The lowest BCUT2D eigenvalue weighted by molar-refractivity contribution is 0.217. The van der Waals surface area contributed by atoms with E-state index in [9.17, 15) is 0 Å². The Morgan fingerprint density at radius 1 is 1.06 bits per heavy atom. The minimum Gasteiger partial charge on any atom is -0.497 e. The smallest absolute Gasteiger partial charge is 0.226 e. The van der Waals surface area contributed by atoms with Crippen LogP contribution in [0.25, 0.3) is 5.70 Å². The van der Waals surface area contributed by atoms with Crippen LogP contribution in [0, 0.1) is 6.92 Å². The monoisotopic (exact) mass is 453 g/mol. The third-order valence-electron chi connectivity index (χ3n) is 6.29. The van der Waals surface area contributed by atoms with Gasteiger partial charge in [-0.25, -0.2) is 4.68 Å². The first kappa shape index (κ1) is 20.3. The predicted molar refractivity (Wildman–Crippen MR) is 127 cm³/mol. The summed E-state index contributed by atoms with van der Waals surface area (Å²) in [6.45, 7) is 2.07. The molecule has 0 saturated heterocycles. The van der Waals surface area contributed by atoms with E-state index in [1.165, 1.54) is 0 Å². The molecule has 2 aromatic carbocycles. The number of methoxy groups -OCH3 is 2. The second kappa shape index (κ2) is 7.91. The normalized spacial score (nSPS) is 18.2. The molecule has 0 bridgehead atoms. The Morgan fingerprint density at radius 3 is 2.76 bits per heavy atom. The summed E-state index contributed by atoms with van der Waals surface area (Å²) in [5.74, 6) is 2.88. The summed E-state index contributed by atoms with van der Waals surface area (Å²) in [7, 11) is 3.31. The molecule has 6 rings (SSSR count). The first-order valence-corrected chi connectivity index (χ1v) is 11.0. The molecule has 2 aliphatic heterocycles. The highest BCUT2D eigenvalue weighted by atomic mass is 16.5. The van der Waals surface area contributed by atoms with E-state index in [1.807, 2.05) is 53.3 Å². The van der Waals surface area contributed by atoms with Crippen LogP contribution >= 0.6 is 0 Å². The van der Waals surface area contributed by atoms with Crippen molar-refractivity contribution in [3.8, 4) is 17.2 Å². The average molecular weight is 454 g/mol. The zero-order valence-electron chi connectivity index (χ0n) is 19.0. The molecule has 2 atom stereocenters. The molecular formula is C26H23N5O3. The van der Waals surface area contributed by atoms with Gasteiger partial charge in [0.15, 0.2) is 6.10 Å². The molecule has 34 heavy (non-hydrogen) atoms. The van der Waals surface area contributed by atoms with Gasteiger partial charge >= 0.3 is 0 Å². The quantitative estimate of drug-likeness (QED) is 0.485. The second-order valence-electron chi connectivity index (χ2n) is 8.28. The molecule has 2 aliphatic rings. The molecule has 0 amide bonds. The maximum atomic E-state index is 6.71. The van der Waals surface area contributed by atoms with Crippen molar-refractivity contribution in [3.05, 3.63) is 95.1 Å². The predicted octanol–water partition coefficient (Wildman–Crippen LogP) is 4.56. The SMILES string of the molecule is COc1ccc(OC)c(C2Oc3ccc(C)cc3C3=C2C(c2cccnc2)n2ncnc2N3)c1. The van der Waals surface area contributed by atoms with Crippen molar-refractivity contribution in [2.24, 2.45) is 0 Å². The molecule has 2 unspecified atom stereocenters. The van der Waals surface area contributed by atoms with Gasteiger partial charge in [0.1, 0.15) is 29.6 Å². The minimum absolute atomic E-state index is 0.281. The van der Waals surface area contributed by atoms with Crippen molar-refractivity contribution in [1.82, 2.24) is 19.7 Å². The molecule has 8 nitrogen and oxygen atoms in total. The first-order chi connectivity index (χ1) is 16.7. The van der Waals surface area contributed by atoms with Crippen LogP contribution in [0.5, 0.6) is 17.2 Å². The average Bonchev–Trinajstić information content (AvgIpc) is 3.35. The maximum absolute atomic E-state index is 6.71. The Hall–Kier alpha value is -4.33. The van der Waals surface area contributed by atoms with Crippen LogP contribution in [0.4, 0.5) is 5.95 Å². The standard InChI is InChI=1S/C26H23N5O3/c1-15-6-8-21-18(11-15)23-22(25(34-21)19-12-17(32-2)7-9-20(19)33-3)24(16-5-4-10-27-13-16)31-26(30-23)28-14-29-31/h4-14,24-25H,1-3H3,(H,28,29,30). The molecule has 0 radical (unpaired) electrons. The van der Waals surface area contributed by atoms with Gasteiger partial charge < -0.3 is 19.5 Å². The van der Waals surface area contributed by atoms with Crippen LogP contribution in [-0.2, 0) is 0 Å². The van der Waals surface area contributed by atoms with Gasteiger partial charge in [-0.2, -0.15) is 10.1 Å². The number of benzene rings is 2. The molecule has 0 aliphatic carbocycles. The number of aryl methyl sites for hydroxylation is 1. The van der Waals surface area contributed by atoms with Gasteiger partial charge in [0.2, 0.25) is 5.95 Å². The number of nitrogens with zero attached hydrogens (tertiary/aromatic N) is 4. The Morgan fingerprint density at radius 2 is 1.97 bits per heavy atom. The summed E-state index contributed by atoms with van der Waals surface area (Å²) in [6, 6.07) is 15.6. The van der Waals surface area contributed by atoms with Crippen LogP contribution in [0.2, 0.25) is 0 Å². The van der Waals surface area contributed by atoms with Gasteiger partial charge in [-0.15, -0.1) is 0 Å². The molecule has 0 spiro atoms. The fourth-order valence-electron chi connectivity index (χ4n) is 4.74.